The number of hydrogen-bond donors (Lipinski definition) is 3. The summed E-state index contributed by atoms with van der Waals surface area (Å²) in [6.45, 7) is 9.50. The second kappa shape index (κ2) is 63.1. The molecule has 3 N–H and O–H groups in total. The molecule has 0 radical (unpaired) electrons. The van der Waals surface area contributed by atoms with E-state index in [1.807, 2.05) is 0 Å². The highest BCUT2D eigenvalue weighted by Gasteiger charge is 2.30. The molecule has 2 unspecified atom stereocenters. The molecule has 17 nitrogen and oxygen atoms in total. The molecule has 534 valence electrons. The molecule has 0 spiro atoms. The van der Waals surface area contributed by atoms with Crippen LogP contribution in [0.5, 0.6) is 0 Å². The Morgan fingerprint density at radius 3 is 0.756 bits per heavy atom. The molecule has 0 aromatic carbocycles. The van der Waals surface area contributed by atoms with E-state index in [0.717, 1.165) is 108 Å². The van der Waals surface area contributed by atoms with Gasteiger partial charge in [0, 0.05) is 25.7 Å². The van der Waals surface area contributed by atoms with Gasteiger partial charge in [0.2, 0.25) is 0 Å². The van der Waals surface area contributed by atoms with Gasteiger partial charge < -0.3 is 33.8 Å². The predicted octanol–water partition coefficient (Wildman–Crippen LogP) is 20.4. The largest absolute Gasteiger partial charge is 0.472 e. The van der Waals surface area contributed by atoms with Crippen molar-refractivity contribution >= 4 is 39.5 Å². The maximum atomic E-state index is 13.0. The third-order valence-corrected chi connectivity index (χ3v) is 18.4. The van der Waals surface area contributed by atoms with Crippen molar-refractivity contribution in [2.75, 3.05) is 39.6 Å². The second-order valence-electron chi connectivity index (χ2n) is 26.6. The normalized spacial score (nSPS) is 14.1. The summed E-state index contributed by atoms with van der Waals surface area (Å²) >= 11 is 0. The van der Waals surface area contributed by atoms with Crippen LogP contribution < -0.4 is 0 Å². The topological polar surface area (TPSA) is 237 Å². The van der Waals surface area contributed by atoms with Crippen LogP contribution in [-0.2, 0) is 65.4 Å². The molecule has 90 heavy (non-hydrogen) atoms. The summed E-state index contributed by atoms with van der Waals surface area (Å²) in [6, 6.07) is 0. The molecule has 0 rings (SSSR count). The summed E-state index contributed by atoms with van der Waals surface area (Å²) in [5.41, 5.74) is 0. The quantitative estimate of drug-likeness (QED) is 0.0222. The highest BCUT2D eigenvalue weighted by atomic mass is 31.2. The molecule has 5 atom stereocenters. The van der Waals surface area contributed by atoms with Crippen molar-refractivity contribution in [2.45, 2.75) is 381 Å². The molecule has 0 aliphatic heterocycles. The van der Waals surface area contributed by atoms with Gasteiger partial charge in [-0.2, -0.15) is 0 Å². The van der Waals surface area contributed by atoms with Gasteiger partial charge in [0.1, 0.15) is 19.3 Å². The van der Waals surface area contributed by atoms with Crippen molar-refractivity contribution in [3.63, 3.8) is 0 Å². The molecule has 19 heteroatoms. The zero-order valence-electron chi connectivity index (χ0n) is 58.4. The fraction of sp³-hybridized carbons (Fsp3) is 0.944. The Morgan fingerprint density at radius 2 is 0.511 bits per heavy atom. The number of unbranched alkanes of at least 4 members (excludes halogenated alkanes) is 40. The minimum Gasteiger partial charge on any atom is -0.462 e. The lowest BCUT2D eigenvalue weighted by atomic mass is 10.0. The summed E-state index contributed by atoms with van der Waals surface area (Å²) in [4.78, 5) is 72.3. The average molecular weight is 1330 g/mol. The Balaban J connectivity index is 5.14. The first kappa shape index (κ1) is 88.1. The lowest BCUT2D eigenvalue weighted by Crippen LogP contribution is -2.30. The third kappa shape index (κ3) is 64.8. The summed E-state index contributed by atoms with van der Waals surface area (Å²) in [5, 5.41) is 10.6. The first-order chi connectivity index (χ1) is 43.4. The standard InChI is InChI=1S/C71H138O17P2/c1-7-9-11-13-14-15-16-21-25-32-37-43-49-55-70(75)87-66(59-81-68(73)53-47-39-12-10-8-2)61-85-89(77,78)83-57-65(72)58-84-90(79,80)86-62-67(60-82-69(74)54-48-42-36-31-28-27-30-35-41-46-52-64(5)6)88-71(76)56-50-44-38-33-26-23-20-18-17-19-22-24-29-34-40-45-51-63(3)4/h63-67,72H,7-62H2,1-6H3,(H,77,78)(H,79,80)/t65-,66+,67+/m0/s1. The van der Waals surface area contributed by atoms with Crippen molar-refractivity contribution in [2.24, 2.45) is 11.8 Å². The van der Waals surface area contributed by atoms with Crippen LogP contribution in [0, 0.1) is 11.8 Å². The van der Waals surface area contributed by atoms with Gasteiger partial charge >= 0.3 is 39.5 Å². The van der Waals surface area contributed by atoms with Crippen LogP contribution in [0.2, 0.25) is 0 Å². The molecule has 0 saturated carbocycles. The van der Waals surface area contributed by atoms with E-state index < -0.39 is 97.5 Å². The lowest BCUT2D eigenvalue weighted by Gasteiger charge is -2.21. The fourth-order valence-corrected chi connectivity index (χ4v) is 12.3. The van der Waals surface area contributed by atoms with E-state index >= 15 is 0 Å². The van der Waals surface area contributed by atoms with Gasteiger partial charge in [-0.25, -0.2) is 9.13 Å². The number of aliphatic hydroxyl groups excluding tert-OH is 1. The van der Waals surface area contributed by atoms with Crippen LogP contribution in [0.1, 0.15) is 363 Å². The molecule has 0 bridgehead atoms. The number of hydrogen-bond acceptors (Lipinski definition) is 15. The first-order valence-corrected chi connectivity index (χ1v) is 40.0. The van der Waals surface area contributed by atoms with E-state index in [2.05, 4.69) is 41.5 Å². The molecule has 0 heterocycles. The second-order valence-corrected chi connectivity index (χ2v) is 29.5. The van der Waals surface area contributed by atoms with Crippen molar-refractivity contribution < 1.29 is 80.2 Å². The number of ether oxygens (including phenoxy) is 4. The van der Waals surface area contributed by atoms with Crippen LogP contribution in [0.25, 0.3) is 0 Å². The number of phosphoric ester groups is 2. The Bertz CT molecular complexity index is 1750. The molecule has 0 amide bonds. The fourth-order valence-electron chi connectivity index (χ4n) is 10.8. The number of carbonyl (C=O) groups excluding carboxylic acids is 4. The van der Waals surface area contributed by atoms with Crippen molar-refractivity contribution in [1.82, 2.24) is 0 Å². The highest BCUT2D eigenvalue weighted by Crippen LogP contribution is 2.45. The van der Waals surface area contributed by atoms with Gasteiger partial charge in [-0.3, -0.25) is 37.3 Å². The van der Waals surface area contributed by atoms with Crippen LogP contribution in [0.15, 0.2) is 0 Å². The van der Waals surface area contributed by atoms with Crippen molar-refractivity contribution in [3.05, 3.63) is 0 Å². The summed E-state index contributed by atoms with van der Waals surface area (Å²) < 4.78 is 68.1. The average Bonchev–Trinajstić information content (AvgIpc) is 3.70. The van der Waals surface area contributed by atoms with Crippen LogP contribution >= 0.6 is 15.6 Å². The zero-order valence-corrected chi connectivity index (χ0v) is 60.2. The highest BCUT2D eigenvalue weighted by molar-refractivity contribution is 7.47. The Morgan fingerprint density at radius 1 is 0.300 bits per heavy atom. The third-order valence-electron chi connectivity index (χ3n) is 16.5. The van der Waals surface area contributed by atoms with E-state index in [1.165, 1.54) is 173 Å². The Kier molecular flexibility index (Phi) is 61.8. The minimum absolute atomic E-state index is 0.107. The monoisotopic (exact) mass is 1320 g/mol. The summed E-state index contributed by atoms with van der Waals surface area (Å²) in [5.74, 6) is -0.565. The van der Waals surface area contributed by atoms with E-state index in [-0.39, 0.29) is 25.7 Å². The molecule has 0 aromatic rings. The summed E-state index contributed by atoms with van der Waals surface area (Å²) in [7, 11) is -9.89. The van der Waals surface area contributed by atoms with Gasteiger partial charge in [-0.15, -0.1) is 0 Å². The van der Waals surface area contributed by atoms with Gasteiger partial charge in [0.15, 0.2) is 12.2 Å². The van der Waals surface area contributed by atoms with Crippen molar-refractivity contribution in [3.8, 4) is 0 Å². The smallest absolute Gasteiger partial charge is 0.462 e. The van der Waals surface area contributed by atoms with E-state index in [4.69, 9.17) is 37.0 Å². The van der Waals surface area contributed by atoms with Crippen LogP contribution in [0.4, 0.5) is 0 Å². The lowest BCUT2D eigenvalue weighted by molar-refractivity contribution is -0.161. The summed E-state index contributed by atoms with van der Waals surface area (Å²) in [6.07, 6.45) is 48.9. The van der Waals surface area contributed by atoms with Crippen LogP contribution in [0.3, 0.4) is 0 Å². The first-order valence-electron chi connectivity index (χ1n) is 37.0. The van der Waals surface area contributed by atoms with Crippen LogP contribution in [-0.4, -0.2) is 96.7 Å². The number of esters is 4. The van der Waals surface area contributed by atoms with Crippen molar-refractivity contribution in [1.29, 1.82) is 0 Å². The number of phosphoric acid groups is 2. The molecule has 0 saturated heterocycles. The molecule has 0 aliphatic rings. The maximum absolute atomic E-state index is 13.0. The molecule has 0 aromatic heterocycles. The Hall–Kier alpha value is -1.94. The number of carbonyl (C=O) groups is 4. The van der Waals surface area contributed by atoms with Gasteiger partial charge in [-0.05, 0) is 37.5 Å². The van der Waals surface area contributed by atoms with E-state index in [1.54, 1.807) is 0 Å². The minimum atomic E-state index is -4.95. The molecule has 0 aliphatic carbocycles. The SMILES string of the molecule is CCCCCCCCCCCCCCCC(=O)O[C@H](COC(=O)CCCCCCC)COP(=O)(O)OC[C@H](O)COP(=O)(O)OC[C@@H](COC(=O)CCCCCCCCCCCCC(C)C)OC(=O)CCCCCCCCCCCCCCCCCCC(C)C. The van der Waals surface area contributed by atoms with Gasteiger partial charge in [-0.1, -0.05) is 311 Å². The maximum Gasteiger partial charge on any atom is 0.472 e. The molecular formula is C71H138O17P2. The number of rotatable bonds is 70. The number of aliphatic hydroxyl groups is 1. The predicted molar refractivity (Wildman–Crippen MR) is 363 cm³/mol. The molecule has 0 fully saturated rings. The Labute approximate surface area is 549 Å². The van der Waals surface area contributed by atoms with E-state index in [9.17, 15) is 43.2 Å². The zero-order chi connectivity index (χ0) is 66.5. The van der Waals surface area contributed by atoms with Gasteiger partial charge in [0.25, 0.3) is 0 Å². The molecular weight excluding hydrogens is 1190 g/mol. The van der Waals surface area contributed by atoms with E-state index in [0.29, 0.717) is 25.7 Å². The van der Waals surface area contributed by atoms with Gasteiger partial charge in [0.05, 0.1) is 26.4 Å².